The number of hydrogen-bond acceptors (Lipinski definition) is 6. The fourth-order valence-electron chi connectivity index (χ4n) is 2.86. The minimum Gasteiger partial charge on any atom is -0.497 e. The lowest BCUT2D eigenvalue weighted by Gasteiger charge is -2.22. The van der Waals surface area contributed by atoms with Gasteiger partial charge in [0.15, 0.2) is 0 Å². The molecule has 0 saturated carbocycles. The monoisotopic (exact) mass is 402 g/mol. The van der Waals surface area contributed by atoms with Crippen molar-refractivity contribution in [2.45, 2.75) is 44.7 Å². The third kappa shape index (κ3) is 8.23. The molecule has 0 spiro atoms. The molecule has 3 atom stereocenters. The standard InChI is InChI=1S/C23H30O6/c1-17-13-14-28-20(15-17)11-12-21(24)22(5-4-6-23(25)27-3)29-16-18-7-9-19(26-2)10-8-18/h4,6-13,20-22,24H,5,14-16H2,1-3H3. The number of benzene rings is 1. The average Bonchev–Trinajstić information content (AvgIpc) is 2.74. The van der Waals surface area contributed by atoms with Gasteiger partial charge in [-0.3, -0.25) is 0 Å². The number of methoxy groups -OCH3 is 2. The molecule has 158 valence electrons. The molecule has 1 aromatic rings. The predicted octanol–water partition coefficient (Wildman–Crippen LogP) is 3.35. The van der Waals surface area contributed by atoms with Gasteiger partial charge in [-0.15, -0.1) is 0 Å². The van der Waals surface area contributed by atoms with E-state index < -0.39 is 18.2 Å². The SMILES string of the molecule is COC(=O)C=CCC(OCc1ccc(OC)cc1)C(O)C=CC1CC(C)=CCO1. The molecule has 29 heavy (non-hydrogen) atoms. The number of aliphatic hydroxyl groups excluding tert-OH is 1. The summed E-state index contributed by atoms with van der Waals surface area (Å²) in [4.78, 5) is 11.3. The van der Waals surface area contributed by atoms with Crippen LogP contribution in [-0.4, -0.2) is 50.2 Å². The number of rotatable bonds is 10. The van der Waals surface area contributed by atoms with Crippen LogP contribution in [0.4, 0.5) is 0 Å². The molecule has 3 unspecified atom stereocenters. The third-order valence-corrected chi connectivity index (χ3v) is 4.62. The van der Waals surface area contributed by atoms with E-state index in [0.717, 1.165) is 17.7 Å². The van der Waals surface area contributed by atoms with Gasteiger partial charge >= 0.3 is 5.97 Å². The van der Waals surface area contributed by atoms with Crippen LogP contribution in [-0.2, 0) is 25.6 Å². The van der Waals surface area contributed by atoms with Crippen molar-refractivity contribution in [1.82, 2.24) is 0 Å². The summed E-state index contributed by atoms with van der Waals surface area (Å²) >= 11 is 0. The van der Waals surface area contributed by atoms with E-state index in [-0.39, 0.29) is 6.10 Å². The number of carbonyl (C=O) groups excluding carboxylic acids is 1. The summed E-state index contributed by atoms with van der Waals surface area (Å²) in [6, 6.07) is 7.54. The number of hydrogen-bond donors (Lipinski definition) is 1. The van der Waals surface area contributed by atoms with Crippen LogP contribution >= 0.6 is 0 Å². The third-order valence-electron chi connectivity index (χ3n) is 4.62. The van der Waals surface area contributed by atoms with Gasteiger partial charge in [-0.05, 0) is 37.5 Å². The molecule has 1 N–H and O–H groups in total. The van der Waals surface area contributed by atoms with Crippen LogP contribution < -0.4 is 4.74 Å². The van der Waals surface area contributed by atoms with Gasteiger partial charge in [0, 0.05) is 6.08 Å². The van der Waals surface area contributed by atoms with Gasteiger partial charge in [0.1, 0.15) is 5.75 Å². The highest BCUT2D eigenvalue weighted by Crippen LogP contribution is 2.18. The topological polar surface area (TPSA) is 74.2 Å². The molecule has 0 fully saturated rings. The largest absolute Gasteiger partial charge is 0.497 e. The smallest absolute Gasteiger partial charge is 0.330 e. The highest BCUT2D eigenvalue weighted by Gasteiger charge is 2.18. The van der Waals surface area contributed by atoms with Gasteiger partial charge in [-0.2, -0.15) is 0 Å². The minimum absolute atomic E-state index is 0.0532. The zero-order valence-electron chi connectivity index (χ0n) is 17.2. The van der Waals surface area contributed by atoms with Crippen molar-refractivity contribution in [3.63, 3.8) is 0 Å². The Labute approximate surface area is 172 Å². The fourth-order valence-corrected chi connectivity index (χ4v) is 2.86. The molecule has 2 rings (SSSR count). The zero-order valence-corrected chi connectivity index (χ0v) is 17.2. The van der Waals surface area contributed by atoms with Crippen molar-refractivity contribution >= 4 is 5.97 Å². The second kappa shape index (κ2) is 12.2. The highest BCUT2D eigenvalue weighted by atomic mass is 16.5. The lowest BCUT2D eigenvalue weighted by molar-refractivity contribution is -0.134. The molecule has 1 aromatic carbocycles. The van der Waals surface area contributed by atoms with E-state index in [0.29, 0.717) is 19.6 Å². The average molecular weight is 402 g/mol. The van der Waals surface area contributed by atoms with Gasteiger partial charge in [-0.1, -0.05) is 42.0 Å². The molecule has 6 nitrogen and oxygen atoms in total. The first-order valence-electron chi connectivity index (χ1n) is 9.64. The Morgan fingerprint density at radius 1 is 1.31 bits per heavy atom. The van der Waals surface area contributed by atoms with E-state index >= 15 is 0 Å². The van der Waals surface area contributed by atoms with Crippen LogP contribution in [0.3, 0.4) is 0 Å². The van der Waals surface area contributed by atoms with Gasteiger partial charge in [-0.25, -0.2) is 4.79 Å². The summed E-state index contributed by atoms with van der Waals surface area (Å²) in [6.45, 7) is 2.97. The maximum atomic E-state index is 11.3. The molecule has 0 saturated heterocycles. The zero-order chi connectivity index (χ0) is 21.1. The first-order valence-corrected chi connectivity index (χ1v) is 9.64. The Balaban J connectivity index is 1.99. The minimum atomic E-state index is -0.842. The Morgan fingerprint density at radius 2 is 2.07 bits per heavy atom. The fraction of sp³-hybridized carbons (Fsp3) is 0.435. The summed E-state index contributed by atoms with van der Waals surface area (Å²) in [7, 11) is 2.94. The predicted molar refractivity (Wildman–Crippen MR) is 111 cm³/mol. The summed E-state index contributed by atoms with van der Waals surface area (Å²) in [5, 5.41) is 10.6. The van der Waals surface area contributed by atoms with Crippen molar-refractivity contribution < 1.29 is 28.8 Å². The lowest BCUT2D eigenvalue weighted by atomic mass is 10.0. The lowest BCUT2D eigenvalue weighted by Crippen LogP contribution is -2.27. The number of ether oxygens (including phenoxy) is 4. The van der Waals surface area contributed by atoms with Crippen LogP contribution in [0.25, 0.3) is 0 Å². The number of aliphatic hydroxyl groups is 1. The Morgan fingerprint density at radius 3 is 2.72 bits per heavy atom. The Bertz CT molecular complexity index is 719. The summed E-state index contributed by atoms with van der Waals surface area (Å²) in [5.41, 5.74) is 2.23. The molecule has 0 aromatic heterocycles. The van der Waals surface area contributed by atoms with Crippen LogP contribution in [0, 0.1) is 0 Å². The normalized spacial score (nSPS) is 19.2. The molecule has 1 heterocycles. The quantitative estimate of drug-likeness (QED) is 0.368. The van der Waals surface area contributed by atoms with E-state index in [1.165, 1.54) is 18.8 Å². The first-order chi connectivity index (χ1) is 14.0. The Hall–Kier alpha value is -2.41. The van der Waals surface area contributed by atoms with Gasteiger partial charge in [0.05, 0.1) is 45.7 Å². The summed E-state index contributed by atoms with van der Waals surface area (Å²) in [5.74, 6) is 0.327. The van der Waals surface area contributed by atoms with Crippen LogP contribution in [0.2, 0.25) is 0 Å². The van der Waals surface area contributed by atoms with E-state index in [9.17, 15) is 9.90 Å². The second-order valence-electron chi connectivity index (χ2n) is 6.86. The molecule has 0 radical (unpaired) electrons. The molecule has 6 heteroatoms. The number of esters is 1. The number of carbonyl (C=O) groups is 1. The molecule has 1 aliphatic rings. The second-order valence-corrected chi connectivity index (χ2v) is 6.86. The maximum absolute atomic E-state index is 11.3. The molecule has 1 aliphatic heterocycles. The first kappa shape index (κ1) is 22.9. The van der Waals surface area contributed by atoms with E-state index in [1.54, 1.807) is 19.3 Å². The molecule has 0 bridgehead atoms. The summed E-state index contributed by atoms with van der Waals surface area (Å²) in [6.07, 6.45) is 8.36. The van der Waals surface area contributed by atoms with Gasteiger partial charge in [0.2, 0.25) is 0 Å². The molecule has 0 amide bonds. The highest BCUT2D eigenvalue weighted by molar-refractivity contribution is 5.81. The van der Waals surface area contributed by atoms with Crippen molar-refractivity contribution in [1.29, 1.82) is 0 Å². The van der Waals surface area contributed by atoms with Crippen molar-refractivity contribution in [3.05, 3.63) is 65.8 Å². The molecule has 0 aliphatic carbocycles. The van der Waals surface area contributed by atoms with E-state index in [1.807, 2.05) is 30.3 Å². The molecular formula is C23H30O6. The van der Waals surface area contributed by atoms with Crippen molar-refractivity contribution in [3.8, 4) is 5.75 Å². The van der Waals surface area contributed by atoms with Crippen LogP contribution in [0.5, 0.6) is 5.75 Å². The van der Waals surface area contributed by atoms with E-state index in [2.05, 4.69) is 17.7 Å². The summed E-state index contributed by atoms with van der Waals surface area (Å²) < 4.78 is 21.4. The van der Waals surface area contributed by atoms with Gasteiger partial charge < -0.3 is 24.1 Å². The van der Waals surface area contributed by atoms with Crippen LogP contribution in [0.15, 0.2) is 60.2 Å². The van der Waals surface area contributed by atoms with Crippen LogP contribution in [0.1, 0.15) is 25.3 Å². The van der Waals surface area contributed by atoms with E-state index in [4.69, 9.17) is 14.2 Å². The maximum Gasteiger partial charge on any atom is 0.330 e. The Kier molecular flexibility index (Phi) is 9.64. The molecular weight excluding hydrogens is 372 g/mol. The van der Waals surface area contributed by atoms with Gasteiger partial charge in [0.25, 0.3) is 0 Å². The van der Waals surface area contributed by atoms with Crippen molar-refractivity contribution in [2.75, 3.05) is 20.8 Å². The van der Waals surface area contributed by atoms with Crippen molar-refractivity contribution in [2.24, 2.45) is 0 Å².